The average Bonchev–Trinajstić information content (AvgIpc) is 2.36. The molecule has 0 saturated heterocycles. The van der Waals surface area contributed by atoms with E-state index in [9.17, 15) is 9.59 Å². The lowest BCUT2D eigenvalue weighted by atomic mass is 9.92. The van der Waals surface area contributed by atoms with E-state index in [1.807, 2.05) is 30.3 Å². The second-order valence-corrected chi connectivity index (χ2v) is 5.21. The quantitative estimate of drug-likeness (QED) is 0.867. The monoisotopic (exact) mass is 276 g/mol. The van der Waals surface area contributed by atoms with Crippen LogP contribution in [0.25, 0.3) is 0 Å². The standard InChI is InChI=1S/C15H20N2O3/c1-17(12-8-5-9-12)15(20)16-13(10-14(18)19)11-6-3-2-4-7-11/h2-4,6-7,12-13H,5,8-10H2,1H3,(H,16,20)(H,18,19). The van der Waals surface area contributed by atoms with E-state index in [1.54, 1.807) is 11.9 Å². The molecule has 1 atom stereocenters. The number of hydrogen-bond acceptors (Lipinski definition) is 2. The lowest BCUT2D eigenvalue weighted by Crippen LogP contribution is -2.47. The first-order chi connectivity index (χ1) is 9.58. The number of hydrogen-bond donors (Lipinski definition) is 2. The summed E-state index contributed by atoms with van der Waals surface area (Å²) >= 11 is 0. The Bertz CT molecular complexity index is 471. The molecule has 2 N–H and O–H groups in total. The third kappa shape index (κ3) is 3.50. The Hall–Kier alpha value is -2.04. The van der Waals surface area contributed by atoms with Crippen molar-refractivity contribution in [3.8, 4) is 0 Å². The van der Waals surface area contributed by atoms with Crippen LogP contribution in [0.2, 0.25) is 0 Å². The fourth-order valence-corrected chi connectivity index (χ4v) is 2.30. The van der Waals surface area contributed by atoms with Gasteiger partial charge in [-0.25, -0.2) is 4.79 Å². The van der Waals surface area contributed by atoms with Crippen molar-refractivity contribution in [1.29, 1.82) is 0 Å². The van der Waals surface area contributed by atoms with Crippen LogP contribution in [0.1, 0.15) is 37.3 Å². The summed E-state index contributed by atoms with van der Waals surface area (Å²) in [7, 11) is 1.77. The van der Waals surface area contributed by atoms with Crippen molar-refractivity contribution < 1.29 is 14.7 Å². The van der Waals surface area contributed by atoms with Crippen LogP contribution in [-0.2, 0) is 4.79 Å². The van der Waals surface area contributed by atoms with Gasteiger partial charge < -0.3 is 15.3 Å². The number of urea groups is 1. The number of rotatable bonds is 5. The summed E-state index contributed by atoms with van der Waals surface area (Å²) in [6.45, 7) is 0. The van der Waals surface area contributed by atoms with Crippen LogP contribution >= 0.6 is 0 Å². The molecule has 1 aromatic carbocycles. The van der Waals surface area contributed by atoms with Gasteiger partial charge in [-0.05, 0) is 24.8 Å². The van der Waals surface area contributed by atoms with Gasteiger partial charge in [-0.3, -0.25) is 4.79 Å². The molecule has 1 unspecified atom stereocenters. The molecule has 5 nitrogen and oxygen atoms in total. The smallest absolute Gasteiger partial charge is 0.317 e. The Kier molecular flexibility index (Phi) is 4.61. The average molecular weight is 276 g/mol. The molecule has 108 valence electrons. The van der Waals surface area contributed by atoms with Crippen molar-refractivity contribution in [2.24, 2.45) is 0 Å². The second-order valence-electron chi connectivity index (χ2n) is 5.21. The van der Waals surface area contributed by atoms with Crippen molar-refractivity contribution in [1.82, 2.24) is 10.2 Å². The van der Waals surface area contributed by atoms with Crippen LogP contribution in [0, 0.1) is 0 Å². The molecule has 1 saturated carbocycles. The zero-order valence-corrected chi connectivity index (χ0v) is 11.6. The summed E-state index contributed by atoms with van der Waals surface area (Å²) < 4.78 is 0. The van der Waals surface area contributed by atoms with E-state index >= 15 is 0 Å². The Balaban J connectivity index is 2.03. The summed E-state index contributed by atoms with van der Waals surface area (Å²) in [6, 6.07) is 8.79. The zero-order chi connectivity index (χ0) is 14.5. The van der Waals surface area contributed by atoms with Crippen LogP contribution in [0.5, 0.6) is 0 Å². The van der Waals surface area contributed by atoms with E-state index in [0.717, 1.165) is 24.8 Å². The van der Waals surface area contributed by atoms with E-state index in [0.29, 0.717) is 0 Å². The lowest BCUT2D eigenvalue weighted by Gasteiger charge is -2.35. The largest absolute Gasteiger partial charge is 0.481 e. The normalized spacial score (nSPS) is 16.1. The molecule has 1 aliphatic carbocycles. The molecule has 2 amide bonds. The second kappa shape index (κ2) is 6.41. The van der Waals surface area contributed by atoms with Gasteiger partial charge in [-0.2, -0.15) is 0 Å². The molecule has 0 radical (unpaired) electrons. The number of benzene rings is 1. The van der Waals surface area contributed by atoms with Gasteiger partial charge in [-0.1, -0.05) is 30.3 Å². The SMILES string of the molecule is CN(C(=O)NC(CC(=O)O)c1ccccc1)C1CCC1. The minimum Gasteiger partial charge on any atom is -0.481 e. The van der Waals surface area contributed by atoms with Gasteiger partial charge in [0.1, 0.15) is 0 Å². The maximum Gasteiger partial charge on any atom is 0.317 e. The molecular weight excluding hydrogens is 256 g/mol. The molecule has 1 aliphatic rings. The highest BCUT2D eigenvalue weighted by Gasteiger charge is 2.27. The van der Waals surface area contributed by atoms with Crippen molar-refractivity contribution >= 4 is 12.0 Å². The topological polar surface area (TPSA) is 69.6 Å². The highest BCUT2D eigenvalue weighted by molar-refractivity contribution is 5.76. The highest BCUT2D eigenvalue weighted by Crippen LogP contribution is 2.24. The van der Waals surface area contributed by atoms with Crippen LogP contribution in [0.4, 0.5) is 4.79 Å². The van der Waals surface area contributed by atoms with Crippen molar-refractivity contribution in [2.75, 3.05) is 7.05 Å². The number of carboxylic acid groups (broad SMARTS) is 1. The van der Waals surface area contributed by atoms with Crippen molar-refractivity contribution in [3.05, 3.63) is 35.9 Å². The third-order valence-corrected chi connectivity index (χ3v) is 3.82. The molecule has 0 heterocycles. The number of carbonyl (C=O) groups is 2. The van der Waals surface area contributed by atoms with Gasteiger partial charge in [0, 0.05) is 13.1 Å². The molecule has 0 spiro atoms. The minimum absolute atomic E-state index is 0.117. The number of carboxylic acids is 1. The predicted molar refractivity (Wildman–Crippen MR) is 75.4 cm³/mol. The molecule has 1 aromatic rings. The Morgan fingerprint density at radius 2 is 2.00 bits per heavy atom. The number of carbonyl (C=O) groups excluding carboxylic acids is 1. The summed E-state index contributed by atoms with van der Waals surface area (Å²) in [4.78, 5) is 24.8. The molecule has 1 fully saturated rings. The van der Waals surface area contributed by atoms with Gasteiger partial charge in [0.2, 0.25) is 0 Å². The van der Waals surface area contributed by atoms with Crippen LogP contribution in [0.3, 0.4) is 0 Å². The first-order valence-corrected chi connectivity index (χ1v) is 6.88. The van der Waals surface area contributed by atoms with Crippen molar-refractivity contribution in [2.45, 2.75) is 37.8 Å². The maximum absolute atomic E-state index is 12.2. The Labute approximate surface area is 118 Å². The first-order valence-electron chi connectivity index (χ1n) is 6.88. The summed E-state index contributed by atoms with van der Waals surface area (Å²) in [5.41, 5.74) is 0.810. The maximum atomic E-state index is 12.2. The van der Waals surface area contributed by atoms with Gasteiger partial charge in [0.05, 0.1) is 12.5 Å². The summed E-state index contributed by atoms with van der Waals surface area (Å²) in [5.74, 6) is -0.926. The van der Waals surface area contributed by atoms with E-state index in [1.165, 1.54) is 0 Å². The van der Waals surface area contributed by atoms with Crippen molar-refractivity contribution in [3.63, 3.8) is 0 Å². The third-order valence-electron chi connectivity index (χ3n) is 3.82. The van der Waals surface area contributed by atoms with E-state index < -0.39 is 12.0 Å². The number of nitrogens with zero attached hydrogens (tertiary/aromatic N) is 1. The summed E-state index contributed by atoms with van der Waals surface area (Å²) in [5, 5.41) is 11.8. The molecule has 0 bridgehead atoms. The fourth-order valence-electron chi connectivity index (χ4n) is 2.30. The van der Waals surface area contributed by atoms with Gasteiger partial charge in [0.15, 0.2) is 0 Å². The van der Waals surface area contributed by atoms with Crippen LogP contribution in [0.15, 0.2) is 30.3 Å². The number of aliphatic carboxylic acids is 1. The molecule has 20 heavy (non-hydrogen) atoms. The molecular formula is C15H20N2O3. The van der Waals surface area contributed by atoms with Gasteiger partial charge >= 0.3 is 12.0 Å². The van der Waals surface area contributed by atoms with Crippen LogP contribution < -0.4 is 5.32 Å². The van der Waals surface area contributed by atoms with Gasteiger partial charge in [-0.15, -0.1) is 0 Å². The van der Waals surface area contributed by atoms with E-state index in [-0.39, 0.29) is 18.5 Å². The molecule has 5 heteroatoms. The molecule has 2 rings (SSSR count). The highest BCUT2D eigenvalue weighted by atomic mass is 16.4. The summed E-state index contributed by atoms with van der Waals surface area (Å²) in [6.07, 6.45) is 3.09. The number of nitrogens with one attached hydrogen (secondary N) is 1. The first kappa shape index (κ1) is 14.4. The fraction of sp³-hybridized carbons (Fsp3) is 0.467. The molecule has 0 aromatic heterocycles. The van der Waals surface area contributed by atoms with Gasteiger partial charge in [0.25, 0.3) is 0 Å². The van der Waals surface area contributed by atoms with Crippen LogP contribution in [-0.4, -0.2) is 35.1 Å². The predicted octanol–water partition coefficient (Wildman–Crippen LogP) is 2.40. The Morgan fingerprint density at radius 1 is 1.35 bits per heavy atom. The lowest BCUT2D eigenvalue weighted by molar-refractivity contribution is -0.137. The van der Waals surface area contributed by atoms with E-state index in [2.05, 4.69) is 5.32 Å². The Morgan fingerprint density at radius 3 is 2.50 bits per heavy atom. The minimum atomic E-state index is -0.926. The molecule has 0 aliphatic heterocycles. The number of amides is 2. The van der Waals surface area contributed by atoms with E-state index in [4.69, 9.17) is 5.11 Å². The zero-order valence-electron chi connectivity index (χ0n) is 11.6.